The highest BCUT2D eigenvalue weighted by atomic mass is 16.4. The Kier molecular flexibility index (Phi) is 7.50. The third-order valence-corrected chi connectivity index (χ3v) is 4.31. The van der Waals surface area contributed by atoms with Crippen molar-refractivity contribution in [1.82, 2.24) is 15.1 Å². The predicted molar refractivity (Wildman–Crippen MR) is 82.4 cm³/mol. The number of carbonyl (C=O) groups excluding carboxylic acids is 1. The predicted octanol–water partition coefficient (Wildman–Crippen LogP) is 1.76. The number of carboxylic acid groups (broad SMARTS) is 1. The van der Waals surface area contributed by atoms with Gasteiger partial charge in [-0.2, -0.15) is 0 Å². The van der Waals surface area contributed by atoms with Crippen LogP contribution in [0, 0.1) is 0 Å². The van der Waals surface area contributed by atoms with Crippen LogP contribution in [-0.4, -0.2) is 65.7 Å². The van der Waals surface area contributed by atoms with Gasteiger partial charge in [0.25, 0.3) is 0 Å². The average molecular weight is 299 g/mol. The van der Waals surface area contributed by atoms with Crippen LogP contribution in [0.4, 0.5) is 4.79 Å². The summed E-state index contributed by atoms with van der Waals surface area (Å²) in [4.78, 5) is 27.4. The minimum Gasteiger partial charge on any atom is -0.480 e. The van der Waals surface area contributed by atoms with E-state index in [-0.39, 0.29) is 12.1 Å². The number of nitrogens with zero attached hydrogens (tertiary/aromatic N) is 2. The van der Waals surface area contributed by atoms with E-state index in [2.05, 4.69) is 17.1 Å². The standard InChI is InChI=1S/C15H29N3O3/c1-4-6-7-13(14(19)20)16-15(21)17(3)12-8-10-18(5-2)11-9-12/h12-13H,4-11H2,1-3H3,(H,16,21)(H,19,20). The van der Waals surface area contributed by atoms with Crippen molar-refractivity contribution >= 4 is 12.0 Å². The molecule has 1 heterocycles. The van der Waals surface area contributed by atoms with Crippen LogP contribution in [0.3, 0.4) is 0 Å². The third-order valence-electron chi connectivity index (χ3n) is 4.31. The zero-order valence-electron chi connectivity index (χ0n) is 13.5. The van der Waals surface area contributed by atoms with Crippen LogP contribution in [0.15, 0.2) is 0 Å². The number of rotatable bonds is 7. The van der Waals surface area contributed by atoms with Gasteiger partial charge in [-0.05, 0) is 25.8 Å². The lowest BCUT2D eigenvalue weighted by Gasteiger charge is -2.36. The fraction of sp³-hybridized carbons (Fsp3) is 0.867. The molecule has 0 bridgehead atoms. The number of hydrogen-bond acceptors (Lipinski definition) is 3. The number of unbranched alkanes of at least 4 members (excludes halogenated alkanes) is 1. The minimum absolute atomic E-state index is 0.202. The molecule has 1 aliphatic heterocycles. The first kappa shape index (κ1) is 17.8. The maximum atomic E-state index is 12.2. The molecule has 2 N–H and O–H groups in total. The Morgan fingerprint density at radius 3 is 2.43 bits per heavy atom. The summed E-state index contributed by atoms with van der Waals surface area (Å²) in [6.07, 6.45) is 4.11. The average Bonchev–Trinajstić information content (AvgIpc) is 2.50. The maximum absolute atomic E-state index is 12.2. The molecule has 0 saturated carbocycles. The minimum atomic E-state index is -0.953. The molecule has 0 aromatic heterocycles. The molecule has 2 amide bonds. The molecule has 1 fully saturated rings. The summed E-state index contributed by atoms with van der Waals surface area (Å²) in [6.45, 7) is 7.19. The van der Waals surface area contributed by atoms with E-state index >= 15 is 0 Å². The molecule has 0 spiro atoms. The van der Waals surface area contributed by atoms with E-state index in [1.165, 1.54) is 0 Å². The number of aliphatic carboxylic acids is 1. The maximum Gasteiger partial charge on any atom is 0.326 e. The lowest BCUT2D eigenvalue weighted by atomic mass is 10.0. The van der Waals surface area contributed by atoms with Crippen LogP contribution in [0.25, 0.3) is 0 Å². The second kappa shape index (κ2) is 8.87. The number of carbonyl (C=O) groups is 2. The van der Waals surface area contributed by atoms with Crippen molar-refractivity contribution in [2.45, 2.75) is 58.0 Å². The van der Waals surface area contributed by atoms with Crippen LogP contribution in [0.1, 0.15) is 46.0 Å². The Hall–Kier alpha value is -1.30. The van der Waals surface area contributed by atoms with Gasteiger partial charge in [0.2, 0.25) is 0 Å². The Morgan fingerprint density at radius 1 is 1.33 bits per heavy atom. The van der Waals surface area contributed by atoms with E-state index in [1.807, 2.05) is 6.92 Å². The van der Waals surface area contributed by atoms with E-state index in [0.29, 0.717) is 6.42 Å². The smallest absolute Gasteiger partial charge is 0.326 e. The van der Waals surface area contributed by atoms with Gasteiger partial charge in [-0.1, -0.05) is 26.7 Å². The molecule has 6 heteroatoms. The molecule has 1 aliphatic rings. The first-order valence-electron chi connectivity index (χ1n) is 7.98. The molecule has 1 rings (SSSR count). The second-order valence-corrected chi connectivity index (χ2v) is 5.76. The molecule has 1 atom stereocenters. The van der Waals surface area contributed by atoms with Crippen molar-refractivity contribution in [3.63, 3.8) is 0 Å². The van der Waals surface area contributed by atoms with Gasteiger partial charge < -0.3 is 20.2 Å². The van der Waals surface area contributed by atoms with Gasteiger partial charge in [0.05, 0.1) is 0 Å². The number of hydrogen-bond donors (Lipinski definition) is 2. The van der Waals surface area contributed by atoms with Gasteiger partial charge in [-0.3, -0.25) is 0 Å². The molecule has 0 aromatic rings. The fourth-order valence-electron chi connectivity index (χ4n) is 2.71. The summed E-state index contributed by atoms with van der Waals surface area (Å²) in [5.41, 5.74) is 0. The topological polar surface area (TPSA) is 72.9 Å². The SMILES string of the molecule is CCCCC(NC(=O)N(C)C1CCN(CC)CC1)C(=O)O. The lowest BCUT2D eigenvalue weighted by Crippen LogP contribution is -2.52. The van der Waals surface area contributed by atoms with Crippen LogP contribution in [0.5, 0.6) is 0 Å². The van der Waals surface area contributed by atoms with Crippen LogP contribution >= 0.6 is 0 Å². The Balaban J connectivity index is 2.47. The monoisotopic (exact) mass is 299 g/mol. The normalized spacial score (nSPS) is 18.2. The first-order chi connectivity index (χ1) is 9.99. The molecule has 6 nitrogen and oxygen atoms in total. The molecular formula is C15H29N3O3. The molecule has 0 aliphatic carbocycles. The van der Waals surface area contributed by atoms with Crippen LogP contribution < -0.4 is 5.32 Å². The summed E-state index contributed by atoms with van der Waals surface area (Å²) in [6, 6.07) is -0.850. The molecule has 122 valence electrons. The summed E-state index contributed by atoms with van der Waals surface area (Å²) >= 11 is 0. The summed E-state index contributed by atoms with van der Waals surface area (Å²) in [5, 5.41) is 11.8. The number of nitrogens with one attached hydrogen (secondary N) is 1. The van der Waals surface area contributed by atoms with Crippen molar-refractivity contribution in [2.24, 2.45) is 0 Å². The number of carboxylic acids is 1. The van der Waals surface area contributed by atoms with Gasteiger partial charge in [0, 0.05) is 26.2 Å². The van der Waals surface area contributed by atoms with Gasteiger partial charge in [-0.25, -0.2) is 9.59 Å². The molecule has 0 radical (unpaired) electrons. The number of likely N-dealkylation sites (tertiary alicyclic amines) is 1. The third kappa shape index (κ3) is 5.53. The molecule has 1 saturated heterocycles. The lowest BCUT2D eigenvalue weighted by molar-refractivity contribution is -0.139. The zero-order chi connectivity index (χ0) is 15.8. The van der Waals surface area contributed by atoms with E-state index in [9.17, 15) is 9.59 Å². The molecule has 21 heavy (non-hydrogen) atoms. The van der Waals surface area contributed by atoms with E-state index in [0.717, 1.165) is 45.3 Å². The van der Waals surface area contributed by atoms with Gasteiger partial charge in [-0.15, -0.1) is 0 Å². The van der Waals surface area contributed by atoms with E-state index in [1.54, 1.807) is 11.9 Å². The highest BCUT2D eigenvalue weighted by Crippen LogP contribution is 2.15. The van der Waals surface area contributed by atoms with Crippen molar-refractivity contribution < 1.29 is 14.7 Å². The highest BCUT2D eigenvalue weighted by Gasteiger charge is 2.27. The molecular weight excluding hydrogens is 270 g/mol. The van der Waals surface area contributed by atoms with Crippen molar-refractivity contribution in [3.05, 3.63) is 0 Å². The Labute approximate surface area is 127 Å². The quantitative estimate of drug-likeness (QED) is 0.751. The first-order valence-corrected chi connectivity index (χ1v) is 7.98. The Bertz CT molecular complexity index is 341. The molecule has 1 unspecified atom stereocenters. The highest BCUT2D eigenvalue weighted by molar-refractivity contribution is 5.82. The summed E-state index contributed by atoms with van der Waals surface area (Å²) in [7, 11) is 1.76. The van der Waals surface area contributed by atoms with E-state index in [4.69, 9.17) is 5.11 Å². The number of urea groups is 1. The van der Waals surface area contributed by atoms with Crippen LogP contribution in [-0.2, 0) is 4.79 Å². The van der Waals surface area contributed by atoms with E-state index < -0.39 is 12.0 Å². The second-order valence-electron chi connectivity index (χ2n) is 5.76. The summed E-state index contributed by atoms with van der Waals surface area (Å²) < 4.78 is 0. The number of amides is 2. The zero-order valence-corrected chi connectivity index (χ0v) is 13.5. The van der Waals surface area contributed by atoms with Crippen molar-refractivity contribution in [3.8, 4) is 0 Å². The molecule has 0 aromatic carbocycles. The van der Waals surface area contributed by atoms with Crippen molar-refractivity contribution in [1.29, 1.82) is 0 Å². The van der Waals surface area contributed by atoms with Gasteiger partial charge >= 0.3 is 12.0 Å². The fourth-order valence-corrected chi connectivity index (χ4v) is 2.71. The van der Waals surface area contributed by atoms with Crippen molar-refractivity contribution in [2.75, 3.05) is 26.7 Å². The summed E-state index contributed by atoms with van der Waals surface area (Å²) in [5.74, 6) is -0.953. The number of piperidine rings is 1. The Morgan fingerprint density at radius 2 is 1.95 bits per heavy atom. The van der Waals surface area contributed by atoms with Gasteiger partial charge in [0.15, 0.2) is 0 Å². The largest absolute Gasteiger partial charge is 0.480 e. The van der Waals surface area contributed by atoms with Gasteiger partial charge in [0.1, 0.15) is 6.04 Å². The van der Waals surface area contributed by atoms with Crippen LogP contribution in [0.2, 0.25) is 0 Å².